The van der Waals surface area contributed by atoms with Crippen LogP contribution in [0.5, 0.6) is 5.75 Å². The summed E-state index contributed by atoms with van der Waals surface area (Å²) in [5.74, 6) is -0.514. The second-order valence-electron chi connectivity index (χ2n) is 4.87. The Morgan fingerprint density at radius 2 is 2.08 bits per heavy atom. The van der Waals surface area contributed by atoms with Crippen LogP contribution in [-0.2, 0) is 9.53 Å². The molecule has 0 saturated heterocycles. The van der Waals surface area contributed by atoms with Crippen LogP contribution in [-0.4, -0.2) is 30.1 Å². The number of carbonyl (C=O) groups excluding carboxylic acids is 2. The molecule has 0 aliphatic carbocycles. The van der Waals surface area contributed by atoms with Gasteiger partial charge in [0.15, 0.2) is 6.10 Å². The summed E-state index contributed by atoms with van der Waals surface area (Å²) in [5.41, 5.74) is 0.667. The van der Waals surface area contributed by atoms with Gasteiger partial charge >= 0.3 is 5.97 Å². The molecule has 126 valence electrons. The number of amides is 1. The van der Waals surface area contributed by atoms with Gasteiger partial charge in [-0.2, -0.15) is 0 Å². The van der Waals surface area contributed by atoms with Crippen LogP contribution >= 0.6 is 11.6 Å². The number of pyridine rings is 1. The van der Waals surface area contributed by atoms with Crippen LogP contribution in [0.2, 0.25) is 5.15 Å². The molecule has 0 spiro atoms. The van der Waals surface area contributed by atoms with Gasteiger partial charge in [0.1, 0.15) is 10.9 Å². The highest BCUT2D eigenvalue weighted by molar-refractivity contribution is 6.32. The van der Waals surface area contributed by atoms with E-state index in [-0.39, 0.29) is 10.7 Å². The quantitative estimate of drug-likeness (QED) is 0.640. The third-order valence-corrected chi connectivity index (χ3v) is 3.53. The zero-order valence-corrected chi connectivity index (χ0v) is 14.0. The number of carbonyl (C=O) groups is 2. The molecule has 1 N–H and O–H groups in total. The number of hydrogen-bond acceptors (Lipinski definition) is 5. The normalized spacial score (nSPS) is 11.5. The van der Waals surface area contributed by atoms with Gasteiger partial charge in [-0.15, -0.1) is 0 Å². The van der Waals surface area contributed by atoms with E-state index >= 15 is 0 Å². The lowest BCUT2D eigenvalue weighted by atomic mass is 10.2. The Morgan fingerprint density at radius 3 is 2.75 bits per heavy atom. The first kappa shape index (κ1) is 17.7. The minimum atomic E-state index is -0.944. The Kier molecular flexibility index (Phi) is 6.14. The van der Waals surface area contributed by atoms with Crippen LogP contribution in [0.1, 0.15) is 23.7 Å². The Balaban J connectivity index is 2.06. The highest BCUT2D eigenvalue weighted by atomic mass is 35.5. The molecule has 0 fully saturated rings. The van der Waals surface area contributed by atoms with Crippen LogP contribution in [0.3, 0.4) is 0 Å². The molecule has 1 aromatic carbocycles. The molecule has 7 heteroatoms. The van der Waals surface area contributed by atoms with E-state index in [0.29, 0.717) is 17.9 Å². The number of ether oxygens (including phenoxy) is 2. The molecule has 0 aliphatic rings. The van der Waals surface area contributed by atoms with Crippen molar-refractivity contribution < 1.29 is 19.1 Å². The Hall–Kier alpha value is -2.60. The summed E-state index contributed by atoms with van der Waals surface area (Å²) < 4.78 is 10.4. The van der Waals surface area contributed by atoms with Gasteiger partial charge in [0.05, 0.1) is 12.7 Å². The first-order valence-corrected chi connectivity index (χ1v) is 7.69. The maximum atomic E-state index is 12.3. The van der Waals surface area contributed by atoms with Crippen LogP contribution < -0.4 is 10.1 Å². The number of esters is 1. The molecule has 0 bridgehead atoms. The molecule has 24 heavy (non-hydrogen) atoms. The number of hydrogen-bond donors (Lipinski definition) is 1. The molecule has 1 heterocycles. The molecule has 1 amide bonds. The average Bonchev–Trinajstić information content (AvgIpc) is 2.59. The van der Waals surface area contributed by atoms with Crippen molar-refractivity contribution in [1.82, 2.24) is 4.98 Å². The second-order valence-corrected chi connectivity index (χ2v) is 5.22. The maximum absolute atomic E-state index is 12.3. The van der Waals surface area contributed by atoms with Gasteiger partial charge < -0.3 is 14.8 Å². The molecule has 6 nitrogen and oxygen atoms in total. The van der Waals surface area contributed by atoms with E-state index in [2.05, 4.69) is 10.3 Å². The van der Waals surface area contributed by atoms with Gasteiger partial charge in [-0.05, 0) is 30.7 Å². The highest BCUT2D eigenvalue weighted by Gasteiger charge is 2.23. The number of rotatable bonds is 6. The number of aromatic nitrogens is 1. The predicted octanol–water partition coefficient (Wildman–Crippen LogP) is 3.32. The SMILES string of the molecule is CCC(OC(=O)c1cccnc1Cl)C(=O)Nc1cccc(OC)c1. The van der Waals surface area contributed by atoms with Crippen molar-refractivity contribution in [1.29, 1.82) is 0 Å². The van der Waals surface area contributed by atoms with Crippen molar-refractivity contribution in [3.8, 4) is 5.75 Å². The predicted molar refractivity (Wildman–Crippen MR) is 90.4 cm³/mol. The lowest BCUT2D eigenvalue weighted by Gasteiger charge is -2.16. The fraction of sp³-hybridized carbons (Fsp3) is 0.235. The van der Waals surface area contributed by atoms with Gasteiger partial charge in [-0.25, -0.2) is 9.78 Å². The molecule has 1 aromatic heterocycles. The topological polar surface area (TPSA) is 77.5 Å². The number of nitrogens with one attached hydrogen (secondary N) is 1. The van der Waals surface area contributed by atoms with Crippen molar-refractivity contribution in [2.75, 3.05) is 12.4 Å². The number of benzene rings is 1. The summed E-state index contributed by atoms with van der Waals surface area (Å²) in [6, 6.07) is 9.95. The Bertz CT molecular complexity index is 736. The van der Waals surface area contributed by atoms with E-state index in [9.17, 15) is 9.59 Å². The molecular weight excluding hydrogens is 332 g/mol. The summed E-state index contributed by atoms with van der Waals surface area (Å²) in [7, 11) is 1.54. The third-order valence-electron chi connectivity index (χ3n) is 3.23. The molecule has 0 saturated carbocycles. The van der Waals surface area contributed by atoms with Gasteiger partial charge in [0, 0.05) is 18.0 Å². The van der Waals surface area contributed by atoms with E-state index in [1.54, 1.807) is 37.3 Å². The molecule has 1 atom stereocenters. The largest absolute Gasteiger partial charge is 0.497 e. The molecular formula is C17H17ClN2O4. The first-order valence-electron chi connectivity index (χ1n) is 7.31. The molecule has 2 aromatic rings. The van der Waals surface area contributed by atoms with Gasteiger partial charge in [-0.1, -0.05) is 24.6 Å². The molecule has 2 rings (SSSR count). The monoisotopic (exact) mass is 348 g/mol. The number of anilines is 1. The minimum Gasteiger partial charge on any atom is -0.497 e. The zero-order chi connectivity index (χ0) is 17.5. The molecule has 0 radical (unpaired) electrons. The fourth-order valence-corrected chi connectivity index (χ4v) is 2.17. The summed E-state index contributed by atoms with van der Waals surface area (Å²) in [4.78, 5) is 28.3. The van der Waals surface area contributed by atoms with E-state index in [4.69, 9.17) is 21.1 Å². The third kappa shape index (κ3) is 4.45. The average molecular weight is 349 g/mol. The summed E-state index contributed by atoms with van der Waals surface area (Å²) in [5, 5.41) is 2.73. The second kappa shape index (κ2) is 8.31. The van der Waals surface area contributed by atoms with Crippen molar-refractivity contribution >= 4 is 29.2 Å². The van der Waals surface area contributed by atoms with Crippen molar-refractivity contribution in [3.63, 3.8) is 0 Å². The smallest absolute Gasteiger partial charge is 0.342 e. The van der Waals surface area contributed by atoms with Gasteiger partial charge in [-0.3, -0.25) is 4.79 Å². The standard InChI is InChI=1S/C17H17ClN2O4/c1-3-14(24-17(22)13-8-5-9-19-15(13)18)16(21)20-11-6-4-7-12(10-11)23-2/h4-10,14H,3H2,1-2H3,(H,20,21). The van der Waals surface area contributed by atoms with Gasteiger partial charge in [0.25, 0.3) is 5.91 Å². The number of methoxy groups -OCH3 is 1. The van der Waals surface area contributed by atoms with E-state index in [1.165, 1.54) is 19.4 Å². The van der Waals surface area contributed by atoms with Gasteiger partial charge in [0.2, 0.25) is 0 Å². The summed E-state index contributed by atoms with van der Waals surface area (Å²) in [6.07, 6.45) is 0.839. The zero-order valence-electron chi connectivity index (χ0n) is 13.3. The van der Waals surface area contributed by atoms with Crippen molar-refractivity contribution in [2.45, 2.75) is 19.4 Å². The van der Waals surface area contributed by atoms with Crippen LogP contribution in [0, 0.1) is 0 Å². The van der Waals surface area contributed by atoms with Crippen molar-refractivity contribution in [3.05, 3.63) is 53.3 Å². The minimum absolute atomic E-state index is 0.0329. The lowest BCUT2D eigenvalue weighted by molar-refractivity contribution is -0.124. The van der Waals surface area contributed by atoms with Crippen LogP contribution in [0.15, 0.2) is 42.6 Å². The Morgan fingerprint density at radius 1 is 1.29 bits per heavy atom. The summed E-state index contributed by atoms with van der Waals surface area (Å²) in [6.45, 7) is 1.74. The Labute approximate surface area is 144 Å². The number of nitrogens with zero attached hydrogens (tertiary/aromatic N) is 1. The van der Waals surface area contributed by atoms with Crippen LogP contribution in [0.4, 0.5) is 5.69 Å². The molecule has 0 aliphatic heterocycles. The van der Waals surface area contributed by atoms with E-state index in [0.717, 1.165) is 0 Å². The van der Waals surface area contributed by atoms with E-state index < -0.39 is 18.0 Å². The molecule has 1 unspecified atom stereocenters. The first-order chi connectivity index (χ1) is 11.5. The number of halogens is 1. The van der Waals surface area contributed by atoms with Crippen LogP contribution in [0.25, 0.3) is 0 Å². The summed E-state index contributed by atoms with van der Waals surface area (Å²) >= 11 is 5.86. The lowest BCUT2D eigenvalue weighted by Crippen LogP contribution is -2.32. The maximum Gasteiger partial charge on any atom is 0.342 e. The van der Waals surface area contributed by atoms with Crippen molar-refractivity contribution in [2.24, 2.45) is 0 Å². The highest BCUT2D eigenvalue weighted by Crippen LogP contribution is 2.18. The fourth-order valence-electron chi connectivity index (χ4n) is 1.98. The van der Waals surface area contributed by atoms with E-state index in [1.807, 2.05) is 0 Å².